The Bertz CT molecular complexity index is 937. The Morgan fingerprint density at radius 2 is 2.00 bits per heavy atom. The van der Waals surface area contributed by atoms with Crippen LogP contribution < -0.4 is 10.1 Å². The van der Waals surface area contributed by atoms with Crippen molar-refractivity contribution in [1.82, 2.24) is 10.1 Å². The number of hydrogen-bond acceptors (Lipinski definition) is 5. The molecule has 1 aliphatic heterocycles. The topological polar surface area (TPSA) is 60.2 Å². The number of benzene rings is 2. The average molecular weight is 370 g/mol. The molecule has 0 unspecified atom stereocenters. The lowest BCUT2D eigenvalue weighted by atomic mass is 10.0. The number of aryl methyl sites for hydroxylation is 1. The number of anilines is 1. The summed E-state index contributed by atoms with van der Waals surface area (Å²) in [5.74, 6) is 1.66. The fourth-order valence-electron chi connectivity index (χ4n) is 3.06. The van der Waals surface area contributed by atoms with Gasteiger partial charge in [0.05, 0.1) is 11.1 Å². The van der Waals surface area contributed by atoms with Crippen molar-refractivity contribution in [2.45, 2.75) is 32.8 Å². The molecule has 2 aromatic carbocycles. The molecular weight excluding hydrogens is 350 g/mol. The van der Waals surface area contributed by atoms with Gasteiger partial charge in [-0.3, -0.25) is 0 Å². The number of fused-ring (bicyclic) bond motifs is 1. The molecule has 4 rings (SSSR count). The minimum absolute atomic E-state index is 0.0635. The number of nitrogens with zero attached hydrogens (tertiary/aromatic N) is 2. The minimum Gasteiger partial charge on any atom is -0.489 e. The third-order valence-electron chi connectivity index (χ3n) is 4.27. The van der Waals surface area contributed by atoms with Crippen molar-refractivity contribution in [3.8, 4) is 28.6 Å². The van der Waals surface area contributed by atoms with Gasteiger partial charge in [0, 0.05) is 23.4 Å². The Kier molecular flexibility index (Phi) is 4.55. The van der Waals surface area contributed by atoms with E-state index in [0.29, 0.717) is 22.5 Å². The van der Waals surface area contributed by atoms with Crippen molar-refractivity contribution in [2.75, 3.05) is 11.9 Å². The molecule has 1 aliphatic rings. The van der Waals surface area contributed by atoms with E-state index in [2.05, 4.69) is 27.6 Å². The van der Waals surface area contributed by atoms with E-state index in [1.54, 1.807) is 6.07 Å². The van der Waals surface area contributed by atoms with Crippen molar-refractivity contribution in [2.24, 2.45) is 0 Å². The molecule has 6 heteroatoms. The van der Waals surface area contributed by atoms with Crippen molar-refractivity contribution in [3.05, 3.63) is 47.0 Å². The summed E-state index contributed by atoms with van der Waals surface area (Å²) in [6.45, 7) is 4.95. The van der Waals surface area contributed by atoms with Gasteiger partial charge in [0.2, 0.25) is 5.82 Å². The monoisotopic (exact) mass is 369 g/mol. The minimum atomic E-state index is 0.0635. The maximum atomic E-state index is 6.31. The number of ether oxygens (including phenoxy) is 1. The lowest BCUT2D eigenvalue weighted by molar-refractivity contribution is 0.242. The average Bonchev–Trinajstić information content (AvgIpc) is 3.13. The third kappa shape index (κ3) is 3.40. The van der Waals surface area contributed by atoms with Crippen molar-refractivity contribution in [1.29, 1.82) is 0 Å². The van der Waals surface area contributed by atoms with E-state index >= 15 is 0 Å². The largest absolute Gasteiger partial charge is 0.489 e. The van der Waals surface area contributed by atoms with Gasteiger partial charge in [-0.05, 0) is 68.7 Å². The number of rotatable bonds is 4. The van der Waals surface area contributed by atoms with Gasteiger partial charge in [0.25, 0.3) is 5.89 Å². The summed E-state index contributed by atoms with van der Waals surface area (Å²) in [7, 11) is 0. The second kappa shape index (κ2) is 7.00. The highest BCUT2D eigenvalue weighted by atomic mass is 35.5. The SMILES string of the molecule is CC(C)Oc1ccc(-c2noc(-c3ccc4c(c3)CCCN4)n2)cc1Cl. The van der Waals surface area contributed by atoms with E-state index in [4.69, 9.17) is 20.9 Å². The molecule has 26 heavy (non-hydrogen) atoms. The van der Waals surface area contributed by atoms with Gasteiger partial charge in [0.15, 0.2) is 0 Å². The molecule has 2 heterocycles. The number of nitrogens with one attached hydrogen (secondary N) is 1. The van der Waals surface area contributed by atoms with Gasteiger partial charge in [-0.1, -0.05) is 16.8 Å². The van der Waals surface area contributed by atoms with Crippen molar-refractivity contribution in [3.63, 3.8) is 0 Å². The van der Waals surface area contributed by atoms with Crippen LogP contribution in [0.1, 0.15) is 25.8 Å². The molecule has 0 amide bonds. The van der Waals surface area contributed by atoms with E-state index in [1.807, 2.05) is 32.0 Å². The summed E-state index contributed by atoms with van der Waals surface area (Å²) in [4.78, 5) is 4.53. The van der Waals surface area contributed by atoms with Gasteiger partial charge in [0.1, 0.15) is 5.75 Å². The van der Waals surface area contributed by atoms with Crippen LogP contribution in [0.5, 0.6) is 5.75 Å². The molecule has 0 spiro atoms. The summed E-state index contributed by atoms with van der Waals surface area (Å²) >= 11 is 6.31. The lowest BCUT2D eigenvalue weighted by Gasteiger charge is -2.17. The fraction of sp³-hybridized carbons (Fsp3) is 0.300. The molecule has 0 aliphatic carbocycles. The van der Waals surface area contributed by atoms with Crippen molar-refractivity contribution >= 4 is 17.3 Å². The highest BCUT2D eigenvalue weighted by Gasteiger charge is 2.15. The van der Waals surface area contributed by atoms with Gasteiger partial charge in [-0.2, -0.15) is 4.98 Å². The second-order valence-electron chi connectivity index (χ2n) is 6.64. The van der Waals surface area contributed by atoms with Gasteiger partial charge in [-0.15, -0.1) is 0 Å². The van der Waals surface area contributed by atoms with E-state index in [-0.39, 0.29) is 6.10 Å². The zero-order valence-electron chi connectivity index (χ0n) is 14.8. The Labute approximate surface area is 157 Å². The van der Waals surface area contributed by atoms with Crippen molar-refractivity contribution < 1.29 is 9.26 Å². The van der Waals surface area contributed by atoms with Crippen LogP contribution in [0, 0.1) is 0 Å². The Hall–Kier alpha value is -2.53. The number of halogens is 1. The first kappa shape index (κ1) is 16.9. The molecule has 1 aromatic heterocycles. The highest BCUT2D eigenvalue weighted by molar-refractivity contribution is 6.32. The quantitative estimate of drug-likeness (QED) is 0.684. The molecule has 134 valence electrons. The van der Waals surface area contributed by atoms with Crippen LogP contribution in [-0.2, 0) is 6.42 Å². The van der Waals surface area contributed by atoms with E-state index < -0.39 is 0 Å². The predicted molar refractivity (Wildman–Crippen MR) is 103 cm³/mol. The van der Waals surface area contributed by atoms with Crippen LogP contribution >= 0.6 is 11.6 Å². The zero-order valence-corrected chi connectivity index (χ0v) is 15.5. The summed E-state index contributed by atoms with van der Waals surface area (Å²) in [5, 5.41) is 8.04. The fourth-order valence-corrected chi connectivity index (χ4v) is 3.28. The molecule has 0 radical (unpaired) electrons. The van der Waals surface area contributed by atoms with E-state index in [1.165, 1.54) is 11.3 Å². The molecule has 0 fully saturated rings. The number of hydrogen-bond donors (Lipinski definition) is 1. The van der Waals surface area contributed by atoms with E-state index in [9.17, 15) is 0 Å². The molecule has 3 aromatic rings. The van der Waals surface area contributed by atoms with Crippen LogP contribution in [0.3, 0.4) is 0 Å². The highest BCUT2D eigenvalue weighted by Crippen LogP contribution is 2.32. The lowest BCUT2D eigenvalue weighted by Crippen LogP contribution is -2.11. The maximum absolute atomic E-state index is 6.31. The first-order valence-electron chi connectivity index (χ1n) is 8.77. The van der Waals surface area contributed by atoms with Gasteiger partial charge in [-0.25, -0.2) is 0 Å². The van der Waals surface area contributed by atoms with Crippen LogP contribution in [0.2, 0.25) is 5.02 Å². The normalized spacial score (nSPS) is 13.4. The Balaban J connectivity index is 1.61. The summed E-state index contributed by atoms with van der Waals surface area (Å²) in [6, 6.07) is 11.7. The third-order valence-corrected chi connectivity index (χ3v) is 4.56. The number of aromatic nitrogens is 2. The van der Waals surface area contributed by atoms with Crippen LogP contribution in [0.15, 0.2) is 40.9 Å². The maximum Gasteiger partial charge on any atom is 0.258 e. The molecule has 0 saturated heterocycles. The zero-order chi connectivity index (χ0) is 18.1. The molecule has 0 atom stereocenters. The predicted octanol–water partition coefficient (Wildman–Crippen LogP) is 5.20. The first-order valence-corrected chi connectivity index (χ1v) is 9.15. The van der Waals surface area contributed by atoms with Gasteiger partial charge >= 0.3 is 0 Å². The van der Waals surface area contributed by atoms with Crippen LogP contribution in [-0.4, -0.2) is 22.8 Å². The summed E-state index contributed by atoms with van der Waals surface area (Å²) < 4.78 is 11.1. The Morgan fingerprint density at radius 1 is 1.15 bits per heavy atom. The van der Waals surface area contributed by atoms with Gasteiger partial charge < -0.3 is 14.6 Å². The molecule has 1 N–H and O–H groups in total. The first-order chi connectivity index (χ1) is 12.6. The van der Waals surface area contributed by atoms with Crippen LogP contribution in [0.4, 0.5) is 5.69 Å². The molecular formula is C20H20ClN3O2. The standard InChI is InChI=1S/C20H20ClN3O2/c1-12(2)25-18-8-6-14(11-16(18)21)19-23-20(26-24-19)15-5-7-17-13(10-15)4-3-9-22-17/h5-8,10-12,22H,3-4,9H2,1-2H3. The summed E-state index contributed by atoms with van der Waals surface area (Å²) in [6.07, 6.45) is 2.26. The second-order valence-corrected chi connectivity index (χ2v) is 7.04. The van der Waals surface area contributed by atoms with E-state index in [0.717, 1.165) is 30.5 Å². The van der Waals surface area contributed by atoms with Crippen LogP contribution in [0.25, 0.3) is 22.8 Å². The molecule has 5 nitrogen and oxygen atoms in total. The summed E-state index contributed by atoms with van der Waals surface area (Å²) in [5.41, 5.74) is 4.19. The smallest absolute Gasteiger partial charge is 0.258 e. The Morgan fingerprint density at radius 3 is 2.81 bits per heavy atom. The molecule has 0 saturated carbocycles. The molecule has 0 bridgehead atoms.